The van der Waals surface area contributed by atoms with E-state index in [1.807, 2.05) is 49.4 Å². The number of benzene rings is 2. The number of hydrogen-bond donors (Lipinski definition) is 1. The minimum atomic E-state index is -0.184. The average molecular weight is 415 g/mol. The number of thioether (sulfide) groups is 1. The summed E-state index contributed by atoms with van der Waals surface area (Å²) in [7, 11) is 0. The van der Waals surface area contributed by atoms with Gasteiger partial charge in [0.2, 0.25) is 5.91 Å². The third-order valence-corrected chi connectivity index (χ3v) is 5.75. The highest BCUT2D eigenvalue weighted by atomic mass is 79.9. The van der Waals surface area contributed by atoms with Crippen molar-refractivity contribution in [2.75, 3.05) is 5.32 Å². The zero-order valence-corrected chi connectivity index (χ0v) is 16.5. The molecule has 1 N–H and O–H groups in total. The molecule has 0 saturated heterocycles. The molecule has 0 saturated carbocycles. The number of halogens is 1. The Morgan fingerprint density at radius 1 is 1.20 bits per heavy atom. The fraction of sp³-hybridized carbons (Fsp3) is 0.200. The molecule has 0 aliphatic rings. The normalized spacial score (nSPS) is 12.1. The topological polar surface area (TPSA) is 42.0 Å². The lowest BCUT2D eigenvalue weighted by Gasteiger charge is -2.15. The zero-order valence-electron chi connectivity index (χ0n) is 14.1. The number of fused-ring (bicyclic) bond motifs is 1. The first-order valence-electron chi connectivity index (χ1n) is 8.16. The lowest BCUT2D eigenvalue weighted by Crippen LogP contribution is -2.24. The molecule has 1 atom stereocenters. The van der Waals surface area contributed by atoms with Gasteiger partial charge >= 0.3 is 0 Å². The number of para-hydroxylation sites is 1. The zero-order chi connectivity index (χ0) is 17.8. The molecule has 5 heteroatoms. The van der Waals surface area contributed by atoms with Crippen molar-refractivity contribution in [2.45, 2.75) is 30.5 Å². The predicted molar refractivity (Wildman–Crippen MR) is 109 cm³/mol. The number of hydrogen-bond acceptors (Lipinski definition) is 3. The minimum absolute atomic E-state index is 0.00225. The Morgan fingerprint density at radius 2 is 1.92 bits per heavy atom. The molecule has 0 aliphatic carbocycles. The van der Waals surface area contributed by atoms with Crippen molar-refractivity contribution in [3.05, 3.63) is 64.6 Å². The Morgan fingerprint density at radius 3 is 2.64 bits per heavy atom. The molecule has 25 heavy (non-hydrogen) atoms. The highest BCUT2D eigenvalue weighted by molar-refractivity contribution is 9.10. The molecule has 3 rings (SSSR count). The van der Waals surface area contributed by atoms with Crippen LogP contribution < -0.4 is 5.32 Å². The molecule has 0 spiro atoms. The van der Waals surface area contributed by atoms with Gasteiger partial charge in [-0.15, -0.1) is 0 Å². The van der Waals surface area contributed by atoms with Crippen LogP contribution in [-0.4, -0.2) is 16.1 Å². The highest BCUT2D eigenvalue weighted by Crippen LogP contribution is 2.29. The molecular weight excluding hydrogens is 396 g/mol. The number of rotatable bonds is 5. The number of nitrogens with one attached hydrogen (secondary N) is 1. The van der Waals surface area contributed by atoms with Crippen molar-refractivity contribution in [1.29, 1.82) is 0 Å². The van der Waals surface area contributed by atoms with Gasteiger partial charge in [0.15, 0.2) is 0 Å². The van der Waals surface area contributed by atoms with Gasteiger partial charge < -0.3 is 5.32 Å². The standard InChI is InChI=1S/C20H19BrN2OS/c1-3-18(20(24)22-15-10-8-14(21)9-11-15)25-19-12-13(2)16-6-4-5-7-17(16)23-19/h4-12,18H,3H2,1-2H3,(H,22,24). The third kappa shape index (κ3) is 4.41. The summed E-state index contributed by atoms with van der Waals surface area (Å²) in [4.78, 5) is 17.3. The van der Waals surface area contributed by atoms with E-state index in [-0.39, 0.29) is 11.2 Å². The first-order valence-corrected chi connectivity index (χ1v) is 9.83. The van der Waals surface area contributed by atoms with E-state index in [9.17, 15) is 4.79 Å². The maximum absolute atomic E-state index is 12.6. The lowest BCUT2D eigenvalue weighted by molar-refractivity contribution is -0.115. The second-order valence-electron chi connectivity index (χ2n) is 5.81. The van der Waals surface area contributed by atoms with Crippen molar-refractivity contribution in [2.24, 2.45) is 0 Å². The second kappa shape index (κ2) is 8.02. The highest BCUT2D eigenvalue weighted by Gasteiger charge is 2.19. The molecule has 2 aromatic carbocycles. The van der Waals surface area contributed by atoms with E-state index in [0.29, 0.717) is 0 Å². The van der Waals surface area contributed by atoms with Crippen LogP contribution in [0.15, 0.2) is 64.1 Å². The minimum Gasteiger partial charge on any atom is -0.325 e. The van der Waals surface area contributed by atoms with Crippen LogP contribution in [0.25, 0.3) is 10.9 Å². The molecule has 1 aromatic heterocycles. The Hall–Kier alpha value is -1.85. The van der Waals surface area contributed by atoms with Crippen LogP contribution >= 0.6 is 27.7 Å². The molecule has 1 unspecified atom stereocenters. The summed E-state index contributed by atoms with van der Waals surface area (Å²) in [6.45, 7) is 4.10. The molecule has 3 nitrogen and oxygen atoms in total. The van der Waals surface area contributed by atoms with Crippen molar-refractivity contribution in [3.63, 3.8) is 0 Å². The Labute approximate surface area is 160 Å². The summed E-state index contributed by atoms with van der Waals surface area (Å²) in [6.07, 6.45) is 0.737. The largest absolute Gasteiger partial charge is 0.325 e. The molecule has 3 aromatic rings. The summed E-state index contributed by atoms with van der Waals surface area (Å²) in [5.41, 5.74) is 2.94. The third-order valence-electron chi connectivity index (χ3n) is 3.94. The molecule has 1 amide bonds. The summed E-state index contributed by atoms with van der Waals surface area (Å²) in [5.74, 6) is 0.00225. The van der Waals surface area contributed by atoms with Gasteiger partial charge in [-0.3, -0.25) is 4.79 Å². The van der Waals surface area contributed by atoms with Crippen LogP contribution in [0.3, 0.4) is 0 Å². The maximum atomic E-state index is 12.6. The number of aromatic nitrogens is 1. The van der Waals surface area contributed by atoms with Crippen LogP contribution in [0, 0.1) is 6.92 Å². The molecule has 0 radical (unpaired) electrons. The van der Waals surface area contributed by atoms with E-state index in [2.05, 4.69) is 40.3 Å². The monoisotopic (exact) mass is 414 g/mol. The average Bonchev–Trinajstić information content (AvgIpc) is 2.61. The number of pyridine rings is 1. The first kappa shape index (κ1) is 18.0. The molecule has 1 heterocycles. The second-order valence-corrected chi connectivity index (χ2v) is 7.94. The summed E-state index contributed by atoms with van der Waals surface area (Å²) in [5, 5.41) is 4.84. The van der Waals surface area contributed by atoms with Gasteiger partial charge in [-0.2, -0.15) is 0 Å². The van der Waals surface area contributed by atoms with E-state index in [4.69, 9.17) is 4.98 Å². The predicted octanol–water partition coefficient (Wildman–Crippen LogP) is 5.82. The molecule has 0 aliphatic heterocycles. The van der Waals surface area contributed by atoms with Crippen LogP contribution in [0.1, 0.15) is 18.9 Å². The van der Waals surface area contributed by atoms with Crippen LogP contribution in [0.2, 0.25) is 0 Å². The van der Waals surface area contributed by atoms with Gasteiger partial charge in [0.05, 0.1) is 15.8 Å². The smallest absolute Gasteiger partial charge is 0.237 e. The fourth-order valence-corrected chi connectivity index (χ4v) is 3.89. The molecule has 128 valence electrons. The van der Waals surface area contributed by atoms with E-state index < -0.39 is 0 Å². The maximum Gasteiger partial charge on any atom is 0.237 e. The van der Waals surface area contributed by atoms with Gasteiger partial charge in [-0.05, 0) is 55.3 Å². The van der Waals surface area contributed by atoms with E-state index in [1.165, 1.54) is 17.3 Å². The van der Waals surface area contributed by atoms with Crippen molar-refractivity contribution < 1.29 is 4.79 Å². The van der Waals surface area contributed by atoms with Crippen LogP contribution in [0.4, 0.5) is 5.69 Å². The number of amides is 1. The molecule has 0 bridgehead atoms. The van der Waals surface area contributed by atoms with Gasteiger partial charge in [0.25, 0.3) is 0 Å². The van der Waals surface area contributed by atoms with E-state index >= 15 is 0 Å². The van der Waals surface area contributed by atoms with Crippen LogP contribution in [0.5, 0.6) is 0 Å². The first-order chi connectivity index (χ1) is 12.1. The number of anilines is 1. The summed E-state index contributed by atoms with van der Waals surface area (Å²) < 4.78 is 0.989. The van der Waals surface area contributed by atoms with Crippen LogP contribution in [-0.2, 0) is 4.79 Å². The molecular formula is C20H19BrN2OS. The van der Waals surface area contributed by atoms with Crippen molar-refractivity contribution in [1.82, 2.24) is 4.98 Å². The van der Waals surface area contributed by atoms with Gasteiger partial charge in [-0.25, -0.2) is 4.98 Å². The molecule has 0 fully saturated rings. The van der Waals surface area contributed by atoms with Crippen molar-refractivity contribution in [3.8, 4) is 0 Å². The Kier molecular flexibility index (Phi) is 5.76. The van der Waals surface area contributed by atoms with E-state index in [1.54, 1.807) is 0 Å². The van der Waals surface area contributed by atoms with Gasteiger partial charge in [-0.1, -0.05) is 52.8 Å². The SMILES string of the molecule is CCC(Sc1cc(C)c2ccccc2n1)C(=O)Nc1ccc(Br)cc1. The number of carbonyl (C=O) groups excluding carboxylic acids is 1. The van der Waals surface area contributed by atoms with Gasteiger partial charge in [0, 0.05) is 15.5 Å². The lowest BCUT2D eigenvalue weighted by atomic mass is 10.1. The summed E-state index contributed by atoms with van der Waals surface area (Å²) in [6, 6.07) is 17.7. The Bertz CT molecular complexity index is 896. The van der Waals surface area contributed by atoms with Crippen molar-refractivity contribution >= 4 is 50.2 Å². The fourth-order valence-electron chi connectivity index (χ4n) is 2.60. The van der Waals surface area contributed by atoms with Gasteiger partial charge in [0.1, 0.15) is 0 Å². The number of aryl methyl sites for hydroxylation is 1. The number of nitrogens with zero attached hydrogens (tertiary/aromatic N) is 1. The Balaban J connectivity index is 1.77. The summed E-state index contributed by atoms with van der Waals surface area (Å²) >= 11 is 4.92. The quantitative estimate of drug-likeness (QED) is 0.535. The number of carbonyl (C=O) groups is 1. The van der Waals surface area contributed by atoms with E-state index in [0.717, 1.165) is 32.5 Å².